The minimum atomic E-state index is -0.497. The van der Waals surface area contributed by atoms with Gasteiger partial charge in [-0.05, 0) is 28.3 Å². The lowest BCUT2D eigenvalue weighted by Crippen LogP contribution is -2.12. The number of hydrogen-bond donors (Lipinski definition) is 1. The van der Waals surface area contributed by atoms with E-state index in [4.69, 9.17) is 16.9 Å². The van der Waals surface area contributed by atoms with Crippen LogP contribution in [0.25, 0.3) is 0 Å². The average Bonchev–Trinajstić information content (AvgIpc) is 2.25. The molecule has 1 N–H and O–H groups in total. The van der Waals surface area contributed by atoms with E-state index < -0.39 is 5.82 Å². The van der Waals surface area contributed by atoms with Crippen LogP contribution in [0, 0.1) is 17.3 Å². The van der Waals surface area contributed by atoms with Crippen LogP contribution in [0.2, 0.25) is 5.02 Å². The molecule has 16 heavy (non-hydrogen) atoms. The van der Waals surface area contributed by atoms with Gasteiger partial charge in [0.1, 0.15) is 5.82 Å². The molecule has 1 rings (SSSR count). The van der Waals surface area contributed by atoms with E-state index in [2.05, 4.69) is 26.2 Å². The van der Waals surface area contributed by atoms with E-state index in [0.29, 0.717) is 10.9 Å². The summed E-state index contributed by atoms with van der Waals surface area (Å²) in [5.41, 5.74) is 0.345. The lowest BCUT2D eigenvalue weighted by molar-refractivity contribution is 0.621. The van der Waals surface area contributed by atoms with Gasteiger partial charge in [-0.25, -0.2) is 9.38 Å². The fraction of sp³-hybridized carbons (Fsp3) is 0.111. The summed E-state index contributed by atoms with van der Waals surface area (Å²) in [6.07, 6.45) is 3.49. The first-order valence-corrected chi connectivity index (χ1v) is 6.40. The molecule has 0 aliphatic carbocycles. The molecule has 0 aromatic heterocycles. The number of rotatable bonds is 1. The van der Waals surface area contributed by atoms with E-state index in [0.717, 1.165) is 0 Å². The van der Waals surface area contributed by atoms with Gasteiger partial charge in [0.2, 0.25) is 0 Å². The lowest BCUT2D eigenvalue weighted by atomic mass is 10.3. The third-order valence-corrected chi connectivity index (χ3v) is 3.47. The SMILES string of the molecule is CSC(=Nc1cc(F)c(Br)c(Cl)c1)NC#N. The van der Waals surface area contributed by atoms with Crippen LogP contribution >= 0.6 is 39.3 Å². The Labute approximate surface area is 110 Å². The quantitative estimate of drug-likeness (QED) is 0.282. The van der Waals surface area contributed by atoms with Crippen LogP contribution in [0.15, 0.2) is 21.6 Å². The highest BCUT2D eigenvalue weighted by Gasteiger charge is 2.07. The molecule has 0 saturated carbocycles. The number of nitrogens with zero attached hydrogens (tertiary/aromatic N) is 2. The van der Waals surface area contributed by atoms with Crippen molar-refractivity contribution < 1.29 is 4.39 Å². The number of thioether (sulfide) groups is 1. The van der Waals surface area contributed by atoms with Crippen molar-refractivity contribution in [2.75, 3.05) is 6.26 Å². The average molecular weight is 323 g/mol. The van der Waals surface area contributed by atoms with Gasteiger partial charge < -0.3 is 0 Å². The Balaban J connectivity index is 3.11. The lowest BCUT2D eigenvalue weighted by Gasteiger charge is -2.02. The maximum atomic E-state index is 13.3. The van der Waals surface area contributed by atoms with Gasteiger partial charge in [0.15, 0.2) is 11.4 Å². The molecule has 0 amide bonds. The molecule has 0 bridgehead atoms. The molecule has 84 valence electrons. The Bertz CT molecular complexity index is 449. The van der Waals surface area contributed by atoms with Crippen molar-refractivity contribution >= 4 is 50.1 Å². The molecule has 0 fully saturated rings. The monoisotopic (exact) mass is 321 g/mol. The molecular weight excluding hydrogens is 317 g/mol. The molecule has 0 spiro atoms. The molecule has 0 aliphatic rings. The third kappa shape index (κ3) is 3.37. The second-order valence-electron chi connectivity index (χ2n) is 2.58. The van der Waals surface area contributed by atoms with Gasteiger partial charge in [-0.1, -0.05) is 23.4 Å². The van der Waals surface area contributed by atoms with Crippen LogP contribution in [0.3, 0.4) is 0 Å². The van der Waals surface area contributed by atoms with Crippen LogP contribution < -0.4 is 5.32 Å². The number of hydrogen-bond acceptors (Lipinski definition) is 3. The molecular formula is C9H6BrClFN3S. The summed E-state index contributed by atoms with van der Waals surface area (Å²) in [6, 6.07) is 2.73. The summed E-state index contributed by atoms with van der Waals surface area (Å²) in [5.74, 6) is -0.497. The van der Waals surface area contributed by atoms with Gasteiger partial charge in [0.05, 0.1) is 15.2 Å². The predicted octanol–water partition coefficient (Wildman–Crippen LogP) is 3.66. The number of nitrogens with one attached hydrogen (secondary N) is 1. The van der Waals surface area contributed by atoms with Gasteiger partial charge in [0.25, 0.3) is 0 Å². The zero-order chi connectivity index (χ0) is 12.1. The molecule has 1 aromatic rings. The molecule has 0 atom stereocenters. The fourth-order valence-corrected chi connectivity index (χ4v) is 1.67. The summed E-state index contributed by atoms with van der Waals surface area (Å²) in [6.45, 7) is 0. The fourth-order valence-electron chi connectivity index (χ4n) is 0.896. The highest BCUT2D eigenvalue weighted by molar-refractivity contribution is 9.10. The van der Waals surface area contributed by atoms with E-state index in [9.17, 15) is 4.39 Å². The van der Waals surface area contributed by atoms with E-state index in [1.165, 1.54) is 23.9 Å². The maximum absolute atomic E-state index is 13.3. The second-order valence-corrected chi connectivity index (χ2v) is 4.58. The van der Waals surface area contributed by atoms with Crippen molar-refractivity contribution in [1.29, 1.82) is 5.26 Å². The van der Waals surface area contributed by atoms with Crippen molar-refractivity contribution in [3.63, 3.8) is 0 Å². The molecule has 7 heteroatoms. The molecule has 0 unspecified atom stereocenters. The Morgan fingerprint density at radius 2 is 2.38 bits per heavy atom. The first-order valence-electron chi connectivity index (χ1n) is 4.00. The Hall–Kier alpha value is -0.770. The summed E-state index contributed by atoms with van der Waals surface area (Å²) in [4.78, 5) is 4.03. The second kappa shape index (κ2) is 6.09. The summed E-state index contributed by atoms with van der Waals surface area (Å²) >= 11 is 10.0. The van der Waals surface area contributed by atoms with Gasteiger partial charge >= 0.3 is 0 Å². The molecule has 0 aliphatic heterocycles. The highest BCUT2D eigenvalue weighted by Crippen LogP contribution is 2.30. The largest absolute Gasteiger partial charge is 0.271 e. The normalized spacial score (nSPS) is 11.1. The van der Waals surface area contributed by atoms with Crippen molar-refractivity contribution in [2.24, 2.45) is 4.99 Å². The van der Waals surface area contributed by atoms with Crippen molar-refractivity contribution in [2.45, 2.75) is 0 Å². The first-order chi connectivity index (χ1) is 7.58. The zero-order valence-corrected chi connectivity index (χ0v) is 11.2. The Morgan fingerprint density at radius 1 is 1.69 bits per heavy atom. The topological polar surface area (TPSA) is 48.2 Å². The number of benzene rings is 1. The third-order valence-electron chi connectivity index (χ3n) is 1.56. The number of nitriles is 1. The van der Waals surface area contributed by atoms with Gasteiger partial charge in [-0.3, -0.25) is 5.32 Å². The maximum Gasteiger partial charge on any atom is 0.183 e. The van der Waals surface area contributed by atoms with Crippen LogP contribution in [0.1, 0.15) is 0 Å². The van der Waals surface area contributed by atoms with Crippen LogP contribution in [0.4, 0.5) is 10.1 Å². The molecule has 0 radical (unpaired) electrons. The minimum Gasteiger partial charge on any atom is -0.271 e. The Kier molecular flexibility index (Phi) is 5.06. The van der Waals surface area contributed by atoms with Crippen molar-refractivity contribution in [3.05, 3.63) is 27.4 Å². The molecule has 0 saturated heterocycles. The van der Waals surface area contributed by atoms with E-state index >= 15 is 0 Å². The summed E-state index contributed by atoms with van der Waals surface area (Å²) in [7, 11) is 0. The van der Waals surface area contributed by atoms with Crippen molar-refractivity contribution in [3.8, 4) is 6.19 Å². The zero-order valence-electron chi connectivity index (χ0n) is 8.09. The number of halogens is 3. The first kappa shape index (κ1) is 13.3. The predicted molar refractivity (Wildman–Crippen MR) is 68.5 cm³/mol. The van der Waals surface area contributed by atoms with Gasteiger partial charge in [0, 0.05) is 6.07 Å². The standard InChI is InChI=1S/C9H6BrClFN3S/c1-16-9(14-4-13)15-5-2-6(11)8(10)7(12)3-5/h2-3H,1H3,(H,14,15). The highest BCUT2D eigenvalue weighted by atomic mass is 79.9. The number of amidine groups is 1. The van der Waals surface area contributed by atoms with Crippen LogP contribution in [-0.4, -0.2) is 11.4 Å². The van der Waals surface area contributed by atoms with Gasteiger partial charge in [-0.2, -0.15) is 5.26 Å². The molecule has 3 nitrogen and oxygen atoms in total. The molecule has 0 heterocycles. The van der Waals surface area contributed by atoms with E-state index in [1.54, 1.807) is 12.4 Å². The summed E-state index contributed by atoms with van der Waals surface area (Å²) in [5, 5.41) is 11.4. The summed E-state index contributed by atoms with van der Waals surface area (Å²) < 4.78 is 13.5. The van der Waals surface area contributed by atoms with E-state index in [1.807, 2.05) is 0 Å². The van der Waals surface area contributed by atoms with Crippen LogP contribution in [0.5, 0.6) is 0 Å². The van der Waals surface area contributed by atoms with Crippen LogP contribution in [-0.2, 0) is 0 Å². The van der Waals surface area contributed by atoms with E-state index in [-0.39, 0.29) is 9.50 Å². The Morgan fingerprint density at radius 3 is 2.88 bits per heavy atom. The smallest absolute Gasteiger partial charge is 0.183 e. The number of aliphatic imine (C=N–C) groups is 1. The minimum absolute atomic E-state index is 0.201. The van der Waals surface area contributed by atoms with Crippen molar-refractivity contribution in [1.82, 2.24) is 5.32 Å². The van der Waals surface area contributed by atoms with Gasteiger partial charge in [-0.15, -0.1) is 0 Å². The molecule has 1 aromatic carbocycles.